The average Bonchev–Trinajstić information content (AvgIpc) is 2.82. The van der Waals surface area contributed by atoms with E-state index in [-0.39, 0.29) is 5.82 Å². The molecule has 0 aromatic carbocycles. The predicted molar refractivity (Wildman–Crippen MR) is 88.8 cm³/mol. The Bertz CT molecular complexity index is 704. The van der Waals surface area contributed by atoms with Gasteiger partial charge in [-0.05, 0) is 31.9 Å². The van der Waals surface area contributed by atoms with Gasteiger partial charge in [0.2, 0.25) is 0 Å². The zero-order chi connectivity index (χ0) is 16.0. The molecule has 0 spiro atoms. The van der Waals surface area contributed by atoms with Crippen molar-refractivity contribution in [2.75, 3.05) is 13.1 Å². The van der Waals surface area contributed by atoms with Crippen molar-refractivity contribution < 1.29 is 4.39 Å². The molecule has 0 radical (unpaired) electrons. The van der Waals surface area contributed by atoms with Gasteiger partial charge in [0.15, 0.2) is 0 Å². The molecule has 3 aliphatic rings. The van der Waals surface area contributed by atoms with E-state index in [2.05, 4.69) is 33.6 Å². The van der Waals surface area contributed by atoms with E-state index >= 15 is 0 Å². The second-order valence-electron chi connectivity index (χ2n) is 6.66. The lowest BCUT2D eigenvalue weighted by molar-refractivity contribution is -0.0770. The van der Waals surface area contributed by atoms with Crippen molar-refractivity contribution in [2.45, 2.75) is 45.4 Å². The SMILES string of the molecule is Cc1nc(C)c(CN2C3CC2CN(Cc2cncc(F)c2)C3)s1. The molecule has 2 bridgehead atoms. The maximum atomic E-state index is 13.3. The summed E-state index contributed by atoms with van der Waals surface area (Å²) >= 11 is 1.82. The van der Waals surface area contributed by atoms with Crippen molar-refractivity contribution in [3.8, 4) is 0 Å². The molecule has 0 aliphatic carbocycles. The lowest BCUT2D eigenvalue weighted by atomic mass is 9.87. The number of hydrogen-bond donors (Lipinski definition) is 0. The van der Waals surface area contributed by atoms with Crippen LogP contribution in [-0.2, 0) is 13.1 Å². The number of aryl methyl sites for hydroxylation is 2. The van der Waals surface area contributed by atoms with E-state index in [9.17, 15) is 4.39 Å². The third kappa shape index (κ3) is 3.03. The summed E-state index contributed by atoms with van der Waals surface area (Å²) in [5, 5.41) is 1.16. The molecule has 3 aliphatic heterocycles. The van der Waals surface area contributed by atoms with E-state index in [1.807, 2.05) is 11.3 Å². The summed E-state index contributed by atoms with van der Waals surface area (Å²) in [7, 11) is 0. The number of thiazole rings is 1. The summed E-state index contributed by atoms with van der Waals surface area (Å²) in [6, 6.07) is 2.84. The van der Waals surface area contributed by atoms with Crippen molar-refractivity contribution in [1.82, 2.24) is 19.8 Å². The number of halogens is 1. The number of piperidine rings is 1. The fraction of sp³-hybridized carbons (Fsp3) is 0.529. The summed E-state index contributed by atoms with van der Waals surface area (Å²) < 4.78 is 13.3. The highest BCUT2D eigenvalue weighted by Crippen LogP contribution is 2.35. The first kappa shape index (κ1) is 15.2. The normalized spacial score (nSPS) is 24.7. The van der Waals surface area contributed by atoms with Crippen LogP contribution in [0.3, 0.4) is 0 Å². The van der Waals surface area contributed by atoms with E-state index in [1.54, 1.807) is 12.3 Å². The fourth-order valence-corrected chi connectivity index (χ4v) is 4.79. The third-order valence-electron chi connectivity index (χ3n) is 4.91. The molecule has 23 heavy (non-hydrogen) atoms. The molecular formula is C17H21FN4S. The molecular weight excluding hydrogens is 311 g/mol. The van der Waals surface area contributed by atoms with Crippen LogP contribution in [0.1, 0.15) is 27.6 Å². The minimum atomic E-state index is -0.248. The van der Waals surface area contributed by atoms with Crippen LogP contribution < -0.4 is 0 Å². The Morgan fingerprint density at radius 2 is 2.00 bits per heavy atom. The Balaban J connectivity index is 1.37. The zero-order valence-corrected chi connectivity index (χ0v) is 14.3. The number of hydrogen-bond acceptors (Lipinski definition) is 5. The summed E-state index contributed by atoms with van der Waals surface area (Å²) in [5.74, 6) is -0.248. The monoisotopic (exact) mass is 332 g/mol. The van der Waals surface area contributed by atoms with Crippen molar-refractivity contribution in [2.24, 2.45) is 0 Å². The number of aromatic nitrogens is 2. The summed E-state index contributed by atoms with van der Waals surface area (Å²) in [6.45, 7) is 8.13. The molecule has 0 saturated carbocycles. The van der Waals surface area contributed by atoms with Gasteiger partial charge in [0.05, 0.1) is 16.9 Å². The number of fused-ring (bicyclic) bond motifs is 2. The van der Waals surface area contributed by atoms with E-state index in [1.165, 1.54) is 23.2 Å². The van der Waals surface area contributed by atoms with E-state index in [4.69, 9.17) is 0 Å². The number of rotatable bonds is 4. The second kappa shape index (κ2) is 5.92. The molecule has 2 atom stereocenters. The molecule has 3 saturated heterocycles. The van der Waals surface area contributed by atoms with Crippen molar-refractivity contribution in [3.05, 3.63) is 45.4 Å². The molecule has 2 unspecified atom stereocenters. The van der Waals surface area contributed by atoms with Crippen molar-refractivity contribution >= 4 is 11.3 Å². The van der Waals surface area contributed by atoms with Gasteiger partial charge in [0, 0.05) is 49.3 Å². The Hall–Kier alpha value is -1.37. The molecule has 122 valence electrons. The van der Waals surface area contributed by atoms with Gasteiger partial charge in [-0.25, -0.2) is 9.37 Å². The second-order valence-corrected chi connectivity index (χ2v) is 7.95. The van der Waals surface area contributed by atoms with Crippen LogP contribution in [0, 0.1) is 19.7 Å². The summed E-state index contributed by atoms with van der Waals surface area (Å²) in [4.78, 5) is 14.9. The van der Waals surface area contributed by atoms with E-state index in [0.29, 0.717) is 12.1 Å². The van der Waals surface area contributed by atoms with Gasteiger partial charge in [-0.2, -0.15) is 0 Å². The van der Waals surface area contributed by atoms with Crippen LogP contribution in [0.4, 0.5) is 4.39 Å². The lowest BCUT2D eigenvalue weighted by Crippen LogP contribution is -2.67. The maximum Gasteiger partial charge on any atom is 0.141 e. The summed E-state index contributed by atoms with van der Waals surface area (Å²) in [5.41, 5.74) is 2.15. The highest BCUT2D eigenvalue weighted by Gasteiger charge is 2.44. The molecule has 0 amide bonds. The zero-order valence-electron chi connectivity index (χ0n) is 13.5. The minimum absolute atomic E-state index is 0.248. The lowest BCUT2D eigenvalue weighted by Gasteiger charge is -2.56. The largest absolute Gasteiger partial charge is 0.296 e. The van der Waals surface area contributed by atoms with Crippen LogP contribution >= 0.6 is 11.3 Å². The molecule has 5 rings (SSSR count). The van der Waals surface area contributed by atoms with Crippen LogP contribution in [0.25, 0.3) is 0 Å². The molecule has 0 N–H and O–H groups in total. The predicted octanol–water partition coefficient (Wildman–Crippen LogP) is 2.75. The van der Waals surface area contributed by atoms with Crippen LogP contribution in [-0.4, -0.2) is 44.9 Å². The highest BCUT2D eigenvalue weighted by molar-refractivity contribution is 7.11. The molecule has 5 heterocycles. The quantitative estimate of drug-likeness (QED) is 0.862. The number of pyridine rings is 1. The molecule has 2 aromatic rings. The molecule has 2 aromatic heterocycles. The van der Waals surface area contributed by atoms with Crippen LogP contribution in [0.5, 0.6) is 0 Å². The Labute approximate surface area is 140 Å². The van der Waals surface area contributed by atoms with Gasteiger partial charge in [0.25, 0.3) is 0 Å². The maximum absolute atomic E-state index is 13.3. The molecule has 6 heteroatoms. The smallest absolute Gasteiger partial charge is 0.141 e. The molecule has 3 fully saturated rings. The van der Waals surface area contributed by atoms with Gasteiger partial charge >= 0.3 is 0 Å². The molecule has 4 nitrogen and oxygen atoms in total. The van der Waals surface area contributed by atoms with Crippen molar-refractivity contribution in [1.29, 1.82) is 0 Å². The average molecular weight is 332 g/mol. The Morgan fingerprint density at radius 1 is 1.22 bits per heavy atom. The van der Waals surface area contributed by atoms with Crippen LogP contribution in [0.2, 0.25) is 0 Å². The van der Waals surface area contributed by atoms with Crippen molar-refractivity contribution in [3.63, 3.8) is 0 Å². The third-order valence-corrected chi connectivity index (χ3v) is 5.97. The number of nitrogens with zero attached hydrogens (tertiary/aromatic N) is 4. The first-order chi connectivity index (χ1) is 11.1. The highest BCUT2D eigenvalue weighted by atomic mass is 32.1. The standard InChI is InChI=1S/C17H21FN4S/c1-11-17(23-12(2)20-11)10-22-15-4-16(22)9-21(8-15)7-13-3-14(18)6-19-5-13/h3,5-6,15-16H,4,7-10H2,1-2H3. The van der Waals surface area contributed by atoms with Gasteiger partial charge in [0.1, 0.15) is 5.82 Å². The van der Waals surface area contributed by atoms with Gasteiger partial charge in [-0.3, -0.25) is 14.8 Å². The minimum Gasteiger partial charge on any atom is -0.296 e. The Kier molecular flexibility index (Phi) is 3.91. The van der Waals surface area contributed by atoms with E-state index < -0.39 is 0 Å². The fourth-order valence-electron chi connectivity index (χ4n) is 3.85. The van der Waals surface area contributed by atoms with Gasteiger partial charge in [-0.1, -0.05) is 0 Å². The topological polar surface area (TPSA) is 32.3 Å². The van der Waals surface area contributed by atoms with Gasteiger partial charge in [-0.15, -0.1) is 11.3 Å². The first-order valence-corrected chi connectivity index (χ1v) is 8.90. The Morgan fingerprint density at radius 3 is 2.65 bits per heavy atom. The summed E-state index contributed by atoms with van der Waals surface area (Å²) in [6.07, 6.45) is 4.32. The number of piperazine rings is 1. The van der Waals surface area contributed by atoms with Gasteiger partial charge < -0.3 is 0 Å². The van der Waals surface area contributed by atoms with Crippen LogP contribution in [0.15, 0.2) is 18.5 Å². The first-order valence-electron chi connectivity index (χ1n) is 8.09. The van der Waals surface area contributed by atoms with E-state index in [0.717, 1.165) is 36.8 Å².